The highest BCUT2D eigenvalue weighted by Crippen LogP contribution is 2.39. The van der Waals surface area contributed by atoms with E-state index in [0.717, 1.165) is 36.0 Å². The van der Waals surface area contributed by atoms with E-state index in [1.807, 2.05) is 4.68 Å². The number of aromatic nitrogens is 2. The molecule has 0 aromatic carbocycles. The van der Waals surface area contributed by atoms with Gasteiger partial charge in [-0.25, -0.2) is 0 Å². The molecule has 0 saturated heterocycles. The van der Waals surface area contributed by atoms with Gasteiger partial charge in [-0.2, -0.15) is 5.10 Å². The van der Waals surface area contributed by atoms with Gasteiger partial charge in [-0.05, 0) is 25.2 Å². The van der Waals surface area contributed by atoms with Crippen LogP contribution in [0.25, 0.3) is 0 Å². The van der Waals surface area contributed by atoms with Gasteiger partial charge in [0.05, 0.1) is 30.1 Å². The zero-order valence-corrected chi connectivity index (χ0v) is 12.6. The predicted octanol–water partition coefficient (Wildman–Crippen LogP) is 2.80. The van der Waals surface area contributed by atoms with Crippen molar-refractivity contribution in [1.82, 2.24) is 9.78 Å². The smallest absolute Gasteiger partial charge is 0.0821 e. The molecule has 19 heavy (non-hydrogen) atoms. The molecule has 5 heteroatoms. The van der Waals surface area contributed by atoms with Crippen LogP contribution in [0.2, 0.25) is 5.02 Å². The van der Waals surface area contributed by atoms with E-state index >= 15 is 0 Å². The lowest BCUT2D eigenvalue weighted by Crippen LogP contribution is -2.36. The van der Waals surface area contributed by atoms with Gasteiger partial charge in [0.25, 0.3) is 0 Å². The quantitative estimate of drug-likeness (QED) is 0.905. The van der Waals surface area contributed by atoms with Crippen LogP contribution in [0.3, 0.4) is 0 Å². The van der Waals surface area contributed by atoms with Gasteiger partial charge in [-0.1, -0.05) is 24.9 Å². The zero-order chi connectivity index (χ0) is 13.8. The minimum absolute atomic E-state index is 0.193. The second kappa shape index (κ2) is 6.73. The summed E-state index contributed by atoms with van der Waals surface area (Å²) in [7, 11) is 1.70. The highest BCUT2D eigenvalue weighted by atomic mass is 35.5. The Morgan fingerprint density at radius 3 is 3.00 bits per heavy atom. The van der Waals surface area contributed by atoms with E-state index in [-0.39, 0.29) is 6.04 Å². The van der Waals surface area contributed by atoms with Crippen LogP contribution in [0, 0.1) is 5.92 Å². The van der Waals surface area contributed by atoms with Gasteiger partial charge in [0.15, 0.2) is 0 Å². The molecule has 1 aromatic heterocycles. The Morgan fingerprint density at radius 1 is 1.53 bits per heavy atom. The summed E-state index contributed by atoms with van der Waals surface area (Å²) in [5.74, 6) is 1.08. The molecule has 4 nitrogen and oxygen atoms in total. The summed E-state index contributed by atoms with van der Waals surface area (Å²) in [6.07, 6.45) is 6.38. The fraction of sp³-hybridized carbons (Fsp3) is 0.786. The number of nitrogens with two attached hydrogens (primary N) is 1. The maximum atomic E-state index is 6.33. The lowest BCUT2D eigenvalue weighted by Gasteiger charge is -2.34. The lowest BCUT2D eigenvalue weighted by atomic mass is 9.76. The van der Waals surface area contributed by atoms with Crippen molar-refractivity contribution in [3.05, 3.63) is 16.9 Å². The molecular weight excluding hydrogens is 262 g/mol. The Balaban J connectivity index is 2.20. The summed E-state index contributed by atoms with van der Waals surface area (Å²) < 4.78 is 7.10. The Bertz CT molecular complexity index is 407. The van der Waals surface area contributed by atoms with Gasteiger partial charge in [-0.3, -0.25) is 4.68 Å². The fourth-order valence-electron chi connectivity index (χ4n) is 3.06. The third-order valence-corrected chi connectivity index (χ3v) is 4.57. The molecule has 1 fully saturated rings. The van der Waals surface area contributed by atoms with Crippen LogP contribution in [0.1, 0.15) is 44.2 Å². The van der Waals surface area contributed by atoms with E-state index < -0.39 is 0 Å². The molecular formula is C14H24ClN3O. The number of ether oxygens (including phenoxy) is 1. The number of hydrogen-bond acceptors (Lipinski definition) is 3. The average molecular weight is 286 g/mol. The predicted molar refractivity (Wildman–Crippen MR) is 77.5 cm³/mol. The van der Waals surface area contributed by atoms with Crippen LogP contribution in [0.4, 0.5) is 0 Å². The van der Waals surface area contributed by atoms with Crippen LogP contribution >= 0.6 is 11.6 Å². The van der Waals surface area contributed by atoms with E-state index in [9.17, 15) is 0 Å². The maximum absolute atomic E-state index is 6.33. The third kappa shape index (κ3) is 3.30. The van der Waals surface area contributed by atoms with Crippen molar-refractivity contribution in [2.45, 2.75) is 51.1 Å². The molecule has 0 bridgehead atoms. The summed E-state index contributed by atoms with van der Waals surface area (Å²) in [4.78, 5) is 0. The first-order valence-electron chi connectivity index (χ1n) is 7.13. The van der Waals surface area contributed by atoms with Gasteiger partial charge < -0.3 is 10.5 Å². The second-order valence-corrected chi connectivity index (χ2v) is 5.86. The SMILES string of the molecule is CCC1CCC(N)C(c2c(Cl)cnn2CCOC)C1. The molecule has 1 saturated carbocycles. The van der Waals surface area contributed by atoms with Crippen molar-refractivity contribution in [3.8, 4) is 0 Å². The topological polar surface area (TPSA) is 53.1 Å². The molecule has 3 unspecified atom stereocenters. The average Bonchev–Trinajstić information content (AvgIpc) is 2.78. The third-order valence-electron chi connectivity index (χ3n) is 4.28. The summed E-state index contributed by atoms with van der Waals surface area (Å²) >= 11 is 6.33. The first-order chi connectivity index (χ1) is 9.17. The van der Waals surface area contributed by atoms with Crippen molar-refractivity contribution < 1.29 is 4.74 Å². The van der Waals surface area contributed by atoms with Gasteiger partial charge in [0.2, 0.25) is 0 Å². The van der Waals surface area contributed by atoms with Crippen molar-refractivity contribution in [3.63, 3.8) is 0 Å². The van der Waals surface area contributed by atoms with Crippen molar-refractivity contribution in [2.75, 3.05) is 13.7 Å². The van der Waals surface area contributed by atoms with Crippen LogP contribution in [0.15, 0.2) is 6.20 Å². The molecule has 0 radical (unpaired) electrons. The maximum Gasteiger partial charge on any atom is 0.0821 e. The van der Waals surface area contributed by atoms with E-state index in [1.54, 1.807) is 13.3 Å². The van der Waals surface area contributed by atoms with Crippen LogP contribution in [-0.2, 0) is 11.3 Å². The van der Waals surface area contributed by atoms with E-state index in [0.29, 0.717) is 12.5 Å². The summed E-state index contributed by atoms with van der Waals surface area (Å²) in [5.41, 5.74) is 7.42. The van der Waals surface area contributed by atoms with Crippen molar-refractivity contribution >= 4 is 11.6 Å². The van der Waals surface area contributed by atoms with Gasteiger partial charge in [0.1, 0.15) is 0 Å². The molecule has 0 amide bonds. The van der Waals surface area contributed by atoms with Crippen molar-refractivity contribution in [1.29, 1.82) is 0 Å². The highest BCUT2D eigenvalue weighted by Gasteiger charge is 2.32. The normalized spacial score (nSPS) is 27.7. The standard InChI is InChI=1S/C14H24ClN3O/c1-3-10-4-5-13(16)11(8-10)14-12(15)9-17-18(14)6-7-19-2/h9-11,13H,3-8,16H2,1-2H3. The molecule has 1 heterocycles. The monoisotopic (exact) mass is 285 g/mol. The largest absolute Gasteiger partial charge is 0.383 e. The van der Waals surface area contributed by atoms with E-state index in [1.165, 1.54) is 12.8 Å². The molecule has 3 atom stereocenters. The Kier molecular flexibility index (Phi) is 5.25. The van der Waals surface area contributed by atoms with Gasteiger partial charge >= 0.3 is 0 Å². The van der Waals surface area contributed by atoms with Gasteiger partial charge in [-0.15, -0.1) is 0 Å². The number of methoxy groups -OCH3 is 1. The summed E-state index contributed by atoms with van der Waals surface area (Å²) in [5, 5.41) is 5.11. The van der Waals surface area contributed by atoms with Crippen LogP contribution < -0.4 is 5.73 Å². The molecule has 0 spiro atoms. The van der Waals surface area contributed by atoms with Gasteiger partial charge in [0, 0.05) is 19.1 Å². The van der Waals surface area contributed by atoms with Crippen LogP contribution in [0.5, 0.6) is 0 Å². The minimum atomic E-state index is 0.193. The fourth-order valence-corrected chi connectivity index (χ4v) is 3.34. The number of halogens is 1. The second-order valence-electron chi connectivity index (χ2n) is 5.45. The summed E-state index contributed by atoms with van der Waals surface area (Å²) in [6, 6.07) is 0.193. The molecule has 2 rings (SSSR count). The Morgan fingerprint density at radius 2 is 2.32 bits per heavy atom. The van der Waals surface area contributed by atoms with Crippen molar-refractivity contribution in [2.24, 2.45) is 11.7 Å². The first-order valence-corrected chi connectivity index (χ1v) is 7.50. The highest BCUT2D eigenvalue weighted by molar-refractivity contribution is 6.31. The molecule has 1 aliphatic rings. The van der Waals surface area contributed by atoms with E-state index in [2.05, 4.69) is 12.0 Å². The Hall–Kier alpha value is -0.580. The number of hydrogen-bond donors (Lipinski definition) is 1. The van der Waals surface area contributed by atoms with E-state index in [4.69, 9.17) is 22.1 Å². The van der Waals surface area contributed by atoms with Crippen LogP contribution in [-0.4, -0.2) is 29.5 Å². The molecule has 1 aliphatic carbocycles. The molecule has 1 aromatic rings. The molecule has 2 N–H and O–H groups in total. The summed E-state index contributed by atoms with van der Waals surface area (Å²) in [6.45, 7) is 3.63. The molecule has 108 valence electrons. The zero-order valence-electron chi connectivity index (χ0n) is 11.8. The molecule has 0 aliphatic heterocycles. The number of nitrogens with zero attached hydrogens (tertiary/aromatic N) is 2. The number of rotatable bonds is 5. The Labute approximate surface area is 120 Å². The lowest BCUT2D eigenvalue weighted by molar-refractivity contribution is 0.180. The first kappa shape index (κ1) is 14.8. The minimum Gasteiger partial charge on any atom is -0.383 e.